The molecule has 2 aromatic carbocycles. The summed E-state index contributed by atoms with van der Waals surface area (Å²) in [6.45, 7) is -0.985. The Morgan fingerprint density at radius 1 is 1.16 bits per heavy atom. The Bertz CT molecular complexity index is 632. The lowest BCUT2D eigenvalue weighted by Gasteiger charge is -2.10. The Morgan fingerprint density at radius 2 is 1.89 bits per heavy atom. The van der Waals surface area contributed by atoms with E-state index in [4.69, 9.17) is 5.26 Å². The van der Waals surface area contributed by atoms with Gasteiger partial charge in [0.2, 0.25) is 0 Å². The number of ether oxygens (including phenoxy) is 1. The lowest BCUT2D eigenvalue weighted by molar-refractivity contribution is -0.0500. The molecule has 0 bridgehead atoms. The van der Waals surface area contributed by atoms with Crippen molar-refractivity contribution in [1.29, 1.82) is 5.26 Å². The van der Waals surface area contributed by atoms with Crippen LogP contribution in [0.3, 0.4) is 0 Å². The zero-order valence-corrected chi connectivity index (χ0v) is 10.2. The maximum atomic E-state index is 12.2. The molecule has 0 aliphatic heterocycles. The van der Waals surface area contributed by atoms with E-state index in [1.165, 1.54) is 6.07 Å². The number of aryl methyl sites for hydroxylation is 1. The van der Waals surface area contributed by atoms with Crippen LogP contribution in [0.25, 0.3) is 11.1 Å². The first-order valence-electron chi connectivity index (χ1n) is 5.67. The minimum absolute atomic E-state index is 0.0982. The summed E-state index contributed by atoms with van der Waals surface area (Å²) in [5.41, 5.74) is 2.91. The average Bonchev–Trinajstić information content (AvgIpc) is 2.39. The summed E-state index contributed by atoms with van der Waals surface area (Å²) < 4.78 is 28.7. The molecule has 2 nitrogen and oxygen atoms in total. The number of rotatable bonds is 3. The predicted molar refractivity (Wildman–Crippen MR) is 68.0 cm³/mol. The largest absolute Gasteiger partial charge is 0.433 e. The first-order valence-corrected chi connectivity index (χ1v) is 5.67. The summed E-state index contributed by atoms with van der Waals surface area (Å²) in [6, 6.07) is 14.2. The molecule has 0 amide bonds. The Labute approximate surface area is 109 Å². The van der Waals surface area contributed by atoms with Gasteiger partial charge in [-0.2, -0.15) is 14.0 Å². The fraction of sp³-hybridized carbons (Fsp3) is 0.133. The molecule has 0 unspecified atom stereocenters. The fourth-order valence-corrected chi connectivity index (χ4v) is 1.88. The molecule has 2 aromatic rings. The topological polar surface area (TPSA) is 33.0 Å². The third-order valence-electron chi connectivity index (χ3n) is 2.77. The molecule has 0 atom stereocenters. The van der Waals surface area contributed by atoms with Gasteiger partial charge in [-0.15, -0.1) is 0 Å². The Balaban J connectivity index is 2.46. The molecule has 0 aliphatic rings. The monoisotopic (exact) mass is 259 g/mol. The summed E-state index contributed by atoms with van der Waals surface area (Å²) >= 11 is 0. The number of hydrogen-bond acceptors (Lipinski definition) is 2. The van der Waals surface area contributed by atoms with Gasteiger partial charge in [0, 0.05) is 0 Å². The summed E-state index contributed by atoms with van der Waals surface area (Å²) in [4.78, 5) is 0. The maximum absolute atomic E-state index is 12.2. The molecule has 0 aliphatic carbocycles. The van der Waals surface area contributed by atoms with Crippen molar-refractivity contribution >= 4 is 0 Å². The third-order valence-corrected chi connectivity index (χ3v) is 2.77. The lowest BCUT2D eigenvalue weighted by atomic mass is 9.99. The summed E-state index contributed by atoms with van der Waals surface area (Å²) in [5, 5.41) is 9.00. The second-order valence-electron chi connectivity index (χ2n) is 4.02. The number of alkyl halides is 2. The van der Waals surface area contributed by atoms with Crippen LogP contribution in [0.15, 0.2) is 42.5 Å². The second-order valence-corrected chi connectivity index (χ2v) is 4.02. The van der Waals surface area contributed by atoms with Crippen LogP contribution in [-0.2, 0) is 0 Å². The minimum Gasteiger partial charge on any atom is -0.433 e. The molecule has 0 aromatic heterocycles. The van der Waals surface area contributed by atoms with E-state index in [9.17, 15) is 8.78 Å². The van der Waals surface area contributed by atoms with Gasteiger partial charge in [-0.3, -0.25) is 0 Å². The van der Waals surface area contributed by atoms with Gasteiger partial charge in [0.05, 0.1) is 5.56 Å². The van der Waals surface area contributed by atoms with Gasteiger partial charge in [-0.1, -0.05) is 30.3 Å². The molecule has 96 valence electrons. The second kappa shape index (κ2) is 5.49. The third kappa shape index (κ3) is 2.89. The SMILES string of the molecule is Cc1ccccc1-c1ccc(OC(F)F)c(C#N)c1. The molecule has 0 N–H and O–H groups in total. The van der Waals surface area contributed by atoms with Crippen LogP contribution in [-0.4, -0.2) is 6.61 Å². The van der Waals surface area contributed by atoms with E-state index in [1.54, 1.807) is 12.1 Å². The molecule has 0 heterocycles. The smallest absolute Gasteiger partial charge is 0.387 e. The van der Waals surface area contributed by atoms with Gasteiger partial charge in [-0.25, -0.2) is 0 Å². The molecular formula is C15H11F2NO. The normalized spacial score (nSPS) is 10.3. The van der Waals surface area contributed by atoms with E-state index >= 15 is 0 Å². The highest BCUT2D eigenvalue weighted by Crippen LogP contribution is 2.29. The number of benzene rings is 2. The van der Waals surface area contributed by atoms with Gasteiger partial charge in [0.1, 0.15) is 11.8 Å². The number of hydrogen-bond donors (Lipinski definition) is 0. The molecule has 19 heavy (non-hydrogen) atoms. The summed E-state index contributed by atoms with van der Waals surface area (Å²) in [5.74, 6) is -0.102. The van der Waals surface area contributed by atoms with Crippen molar-refractivity contribution < 1.29 is 13.5 Å². The standard InChI is InChI=1S/C15H11F2NO/c1-10-4-2-3-5-13(10)11-6-7-14(19-15(16)17)12(8-11)9-18/h2-8,15H,1H3. The highest BCUT2D eigenvalue weighted by Gasteiger charge is 2.11. The van der Waals surface area contributed by atoms with E-state index in [0.717, 1.165) is 16.7 Å². The van der Waals surface area contributed by atoms with Gasteiger partial charge >= 0.3 is 6.61 Å². The number of nitrogens with zero attached hydrogens (tertiary/aromatic N) is 1. The first kappa shape index (κ1) is 13.0. The van der Waals surface area contributed by atoms with Gasteiger partial charge in [0.15, 0.2) is 0 Å². The molecular weight excluding hydrogens is 248 g/mol. The Hall–Kier alpha value is -2.41. The van der Waals surface area contributed by atoms with Gasteiger partial charge < -0.3 is 4.74 Å². The summed E-state index contributed by atoms with van der Waals surface area (Å²) in [7, 11) is 0. The van der Waals surface area contributed by atoms with Crippen molar-refractivity contribution in [2.45, 2.75) is 13.5 Å². The highest BCUT2D eigenvalue weighted by molar-refractivity contribution is 5.70. The van der Waals surface area contributed by atoms with Crippen molar-refractivity contribution in [2.75, 3.05) is 0 Å². The van der Waals surface area contributed by atoms with Crippen molar-refractivity contribution in [2.24, 2.45) is 0 Å². The molecule has 0 saturated carbocycles. The van der Waals surface area contributed by atoms with Crippen LogP contribution >= 0.6 is 0 Å². The Morgan fingerprint density at radius 3 is 2.53 bits per heavy atom. The lowest BCUT2D eigenvalue weighted by Crippen LogP contribution is -2.03. The highest BCUT2D eigenvalue weighted by atomic mass is 19.3. The van der Waals surface area contributed by atoms with E-state index in [0.29, 0.717) is 0 Å². The molecule has 0 radical (unpaired) electrons. The van der Waals surface area contributed by atoms with Crippen molar-refractivity contribution in [3.63, 3.8) is 0 Å². The van der Waals surface area contributed by atoms with Gasteiger partial charge in [0.25, 0.3) is 0 Å². The van der Waals surface area contributed by atoms with Gasteiger partial charge in [-0.05, 0) is 35.7 Å². The maximum Gasteiger partial charge on any atom is 0.387 e. The van der Waals surface area contributed by atoms with Crippen LogP contribution in [0.1, 0.15) is 11.1 Å². The van der Waals surface area contributed by atoms with E-state index in [2.05, 4.69) is 4.74 Å². The molecule has 0 spiro atoms. The van der Waals surface area contributed by atoms with Crippen LogP contribution in [0, 0.1) is 18.3 Å². The zero-order chi connectivity index (χ0) is 13.8. The van der Waals surface area contributed by atoms with E-state index < -0.39 is 6.61 Å². The first-order chi connectivity index (χ1) is 9.11. The summed E-state index contributed by atoms with van der Waals surface area (Å²) in [6.07, 6.45) is 0. The van der Waals surface area contributed by atoms with Crippen LogP contribution in [0.4, 0.5) is 8.78 Å². The number of halogens is 2. The molecule has 2 rings (SSSR count). The molecule has 0 fully saturated rings. The number of nitriles is 1. The van der Waals surface area contributed by atoms with Crippen LogP contribution in [0.5, 0.6) is 5.75 Å². The predicted octanol–water partition coefficient (Wildman–Crippen LogP) is 4.14. The van der Waals surface area contributed by atoms with Crippen molar-refractivity contribution in [1.82, 2.24) is 0 Å². The van der Waals surface area contributed by atoms with Crippen molar-refractivity contribution in [3.05, 3.63) is 53.6 Å². The van der Waals surface area contributed by atoms with E-state index in [-0.39, 0.29) is 11.3 Å². The van der Waals surface area contributed by atoms with Crippen LogP contribution in [0.2, 0.25) is 0 Å². The van der Waals surface area contributed by atoms with Crippen LogP contribution < -0.4 is 4.74 Å². The minimum atomic E-state index is -2.93. The van der Waals surface area contributed by atoms with Crippen molar-refractivity contribution in [3.8, 4) is 22.9 Å². The average molecular weight is 259 g/mol. The molecule has 4 heteroatoms. The van der Waals surface area contributed by atoms with E-state index in [1.807, 2.05) is 37.3 Å². The quantitative estimate of drug-likeness (QED) is 0.830. The fourth-order valence-electron chi connectivity index (χ4n) is 1.88. The Kier molecular flexibility index (Phi) is 3.76. The zero-order valence-electron chi connectivity index (χ0n) is 10.2. The molecule has 0 saturated heterocycles.